The highest BCUT2D eigenvalue weighted by Crippen LogP contribution is 2.27. The molecule has 8 nitrogen and oxygen atoms in total. The Kier molecular flexibility index (Phi) is 4.77. The van der Waals surface area contributed by atoms with Crippen LogP contribution in [0, 0.1) is 15.9 Å². The van der Waals surface area contributed by atoms with Crippen LogP contribution in [0.2, 0.25) is 0 Å². The number of aromatic nitrogens is 3. The molecule has 0 fully saturated rings. The summed E-state index contributed by atoms with van der Waals surface area (Å²) in [5.41, 5.74) is 0.0144. The molecular formula is C12H14FN5O3. The molecule has 1 aromatic carbocycles. The number of nitrogens with one attached hydrogen (secondary N) is 1. The first-order valence-corrected chi connectivity index (χ1v) is 6.28. The van der Waals surface area contributed by atoms with E-state index in [1.807, 2.05) is 0 Å². The topological polar surface area (TPSA) is 106 Å². The van der Waals surface area contributed by atoms with Crippen molar-refractivity contribution in [2.75, 3.05) is 11.9 Å². The molecule has 112 valence electrons. The summed E-state index contributed by atoms with van der Waals surface area (Å²) >= 11 is 0. The number of aryl methyl sites for hydroxylation is 1. The molecular weight excluding hydrogens is 281 g/mol. The molecule has 0 atom stereocenters. The molecule has 1 heterocycles. The maximum Gasteiger partial charge on any atom is 0.295 e. The van der Waals surface area contributed by atoms with Gasteiger partial charge in [-0.05, 0) is 12.5 Å². The van der Waals surface area contributed by atoms with E-state index in [0.29, 0.717) is 18.7 Å². The first-order chi connectivity index (χ1) is 10.1. The zero-order chi connectivity index (χ0) is 15.2. The standard InChI is InChI=1S/C12H14FN5O3/c13-10-3-1-4-11(18(20)21)12(10)14-7-9-8-17(16-15-9)5-2-6-19/h1,3-4,8,14,19H,2,5-7H2. The van der Waals surface area contributed by atoms with Gasteiger partial charge in [-0.15, -0.1) is 5.10 Å². The molecule has 0 spiro atoms. The van der Waals surface area contributed by atoms with Crippen LogP contribution in [0.3, 0.4) is 0 Å². The zero-order valence-electron chi connectivity index (χ0n) is 11.1. The van der Waals surface area contributed by atoms with Crippen LogP contribution < -0.4 is 5.32 Å². The van der Waals surface area contributed by atoms with Gasteiger partial charge in [0.15, 0.2) is 5.82 Å². The molecule has 0 bridgehead atoms. The van der Waals surface area contributed by atoms with E-state index < -0.39 is 10.7 Å². The van der Waals surface area contributed by atoms with E-state index in [1.54, 1.807) is 10.9 Å². The van der Waals surface area contributed by atoms with Gasteiger partial charge in [0.2, 0.25) is 0 Å². The molecule has 0 amide bonds. The third-order valence-corrected chi connectivity index (χ3v) is 2.77. The predicted molar refractivity (Wildman–Crippen MR) is 72.1 cm³/mol. The molecule has 0 unspecified atom stereocenters. The van der Waals surface area contributed by atoms with Gasteiger partial charge in [-0.25, -0.2) is 4.39 Å². The van der Waals surface area contributed by atoms with Crippen LogP contribution in [0.15, 0.2) is 24.4 Å². The van der Waals surface area contributed by atoms with E-state index in [0.717, 1.165) is 6.07 Å². The number of aliphatic hydroxyl groups is 1. The van der Waals surface area contributed by atoms with Gasteiger partial charge < -0.3 is 10.4 Å². The van der Waals surface area contributed by atoms with Crippen molar-refractivity contribution in [3.05, 3.63) is 46.0 Å². The third-order valence-electron chi connectivity index (χ3n) is 2.77. The van der Waals surface area contributed by atoms with Crippen LogP contribution in [-0.2, 0) is 13.1 Å². The fraction of sp³-hybridized carbons (Fsp3) is 0.333. The first kappa shape index (κ1) is 14.9. The van der Waals surface area contributed by atoms with Gasteiger partial charge in [-0.2, -0.15) is 0 Å². The largest absolute Gasteiger partial charge is 0.396 e. The van der Waals surface area contributed by atoms with E-state index in [9.17, 15) is 14.5 Å². The van der Waals surface area contributed by atoms with Crippen molar-refractivity contribution in [2.24, 2.45) is 0 Å². The fourth-order valence-electron chi connectivity index (χ4n) is 1.78. The highest BCUT2D eigenvalue weighted by atomic mass is 19.1. The van der Waals surface area contributed by atoms with Crippen LogP contribution in [0.1, 0.15) is 12.1 Å². The van der Waals surface area contributed by atoms with Crippen molar-refractivity contribution >= 4 is 11.4 Å². The van der Waals surface area contributed by atoms with Gasteiger partial charge in [-0.3, -0.25) is 14.8 Å². The predicted octanol–water partition coefficient (Wildman–Crippen LogP) is 1.32. The maximum absolute atomic E-state index is 13.6. The lowest BCUT2D eigenvalue weighted by Gasteiger charge is -2.06. The Morgan fingerprint density at radius 3 is 3.00 bits per heavy atom. The van der Waals surface area contributed by atoms with Crippen molar-refractivity contribution in [1.29, 1.82) is 0 Å². The monoisotopic (exact) mass is 295 g/mol. The van der Waals surface area contributed by atoms with Crippen molar-refractivity contribution in [3.63, 3.8) is 0 Å². The summed E-state index contributed by atoms with van der Waals surface area (Å²) in [6.07, 6.45) is 2.18. The summed E-state index contributed by atoms with van der Waals surface area (Å²) in [5.74, 6) is -0.697. The van der Waals surface area contributed by atoms with E-state index in [4.69, 9.17) is 5.11 Å². The number of nitro benzene ring substituents is 1. The molecule has 2 aromatic rings. The van der Waals surface area contributed by atoms with Crippen LogP contribution in [0.4, 0.5) is 15.8 Å². The van der Waals surface area contributed by atoms with Gasteiger partial charge >= 0.3 is 0 Å². The number of hydrogen-bond donors (Lipinski definition) is 2. The lowest BCUT2D eigenvalue weighted by atomic mass is 10.2. The maximum atomic E-state index is 13.6. The normalized spacial score (nSPS) is 10.6. The Balaban J connectivity index is 2.06. The quantitative estimate of drug-likeness (QED) is 0.589. The second kappa shape index (κ2) is 6.75. The molecule has 21 heavy (non-hydrogen) atoms. The molecule has 0 saturated heterocycles. The molecule has 9 heteroatoms. The molecule has 0 radical (unpaired) electrons. The summed E-state index contributed by atoms with van der Waals surface area (Å²) < 4.78 is 15.2. The minimum absolute atomic E-state index is 0.0505. The average Bonchev–Trinajstić information content (AvgIpc) is 2.91. The number of nitro groups is 1. The van der Waals surface area contributed by atoms with Gasteiger partial charge in [0.1, 0.15) is 11.4 Å². The lowest BCUT2D eigenvalue weighted by molar-refractivity contribution is -0.384. The Morgan fingerprint density at radius 1 is 1.48 bits per heavy atom. The van der Waals surface area contributed by atoms with Gasteiger partial charge in [0.05, 0.1) is 17.7 Å². The Labute approximate surface area is 119 Å². The van der Waals surface area contributed by atoms with Crippen LogP contribution in [0.5, 0.6) is 0 Å². The Bertz CT molecular complexity index is 631. The average molecular weight is 295 g/mol. The van der Waals surface area contributed by atoms with Crippen molar-refractivity contribution in [3.8, 4) is 0 Å². The Morgan fingerprint density at radius 2 is 2.29 bits per heavy atom. The number of benzene rings is 1. The van der Waals surface area contributed by atoms with Crippen LogP contribution >= 0.6 is 0 Å². The summed E-state index contributed by atoms with van der Waals surface area (Å²) in [6, 6.07) is 3.65. The number of aliphatic hydroxyl groups excluding tert-OH is 1. The fourth-order valence-corrected chi connectivity index (χ4v) is 1.78. The number of halogens is 1. The number of nitrogens with zero attached hydrogens (tertiary/aromatic N) is 4. The molecule has 1 aromatic heterocycles. The second-order valence-corrected chi connectivity index (χ2v) is 4.29. The van der Waals surface area contributed by atoms with E-state index in [2.05, 4.69) is 15.6 Å². The number of anilines is 1. The summed E-state index contributed by atoms with van der Waals surface area (Å²) in [4.78, 5) is 10.2. The number of rotatable bonds is 7. The van der Waals surface area contributed by atoms with E-state index in [-0.39, 0.29) is 24.5 Å². The van der Waals surface area contributed by atoms with Gasteiger partial charge in [-0.1, -0.05) is 11.3 Å². The smallest absolute Gasteiger partial charge is 0.295 e. The molecule has 2 N–H and O–H groups in total. The minimum Gasteiger partial charge on any atom is -0.396 e. The third kappa shape index (κ3) is 3.72. The second-order valence-electron chi connectivity index (χ2n) is 4.29. The highest BCUT2D eigenvalue weighted by molar-refractivity contribution is 5.62. The van der Waals surface area contributed by atoms with E-state index >= 15 is 0 Å². The van der Waals surface area contributed by atoms with Gasteiger partial charge in [0.25, 0.3) is 5.69 Å². The van der Waals surface area contributed by atoms with Crippen LogP contribution in [-0.4, -0.2) is 31.6 Å². The molecule has 0 saturated carbocycles. The summed E-state index contributed by atoms with van der Waals surface area (Å²) in [6.45, 7) is 0.680. The molecule has 0 aliphatic heterocycles. The summed E-state index contributed by atoms with van der Waals surface area (Å²) in [5, 5.41) is 29.9. The Hall–Kier alpha value is -2.55. The van der Waals surface area contributed by atoms with Crippen molar-refractivity contribution < 1.29 is 14.4 Å². The van der Waals surface area contributed by atoms with Crippen molar-refractivity contribution in [2.45, 2.75) is 19.5 Å². The van der Waals surface area contributed by atoms with Crippen LogP contribution in [0.25, 0.3) is 0 Å². The number of hydrogen-bond acceptors (Lipinski definition) is 6. The van der Waals surface area contributed by atoms with E-state index in [1.165, 1.54) is 12.1 Å². The molecule has 0 aliphatic carbocycles. The zero-order valence-corrected chi connectivity index (χ0v) is 11.1. The van der Waals surface area contributed by atoms with Gasteiger partial charge in [0, 0.05) is 19.2 Å². The summed E-state index contributed by atoms with van der Waals surface area (Å²) in [7, 11) is 0. The highest BCUT2D eigenvalue weighted by Gasteiger charge is 2.17. The molecule has 0 aliphatic rings. The van der Waals surface area contributed by atoms with Crippen molar-refractivity contribution in [1.82, 2.24) is 15.0 Å². The first-order valence-electron chi connectivity index (χ1n) is 6.28. The SMILES string of the molecule is O=[N+]([O-])c1cccc(F)c1NCc1cn(CCCO)nn1. The lowest BCUT2D eigenvalue weighted by Crippen LogP contribution is -2.05. The minimum atomic E-state index is -0.697. The molecule has 2 rings (SSSR count). The number of para-hydroxylation sites is 1.